The van der Waals surface area contributed by atoms with Gasteiger partial charge in [0.25, 0.3) is 5.91 Å². The third kappa shape index (κ3) is 3.31. The highest BCUT2D eigenvalue weighted by molar-refractivity contribution is 7.20. The number of esters is 1. The SMILES string of the molecule is CCOC(=O)c1c(NC(=O)c2c(-c3ccccc3)noc2C)sc2c1Cc1ccccc1-2. The van der Waals surface area contributed by atoms with Crippen LogP contribution >= 0.6 is 11.3 Å². The second kappa shape index (κ2) is 8.09. The number of carbonyl (C=O) groups is 2. The van der Waals surface area contributed by atoms with Crippen LogP contribution in [0.5, 0.6) is 0 Å². The number of fused-ring (bicyclic) bond motifs is 3. The van der Waals surface area contributed by atoms with Crippen molar-refractivity contribution in [1.29, 1.82) is 0 Å². The number of carbonyl (C=O) groups excluding carboxylic acids is 2. The molecule has 0 saturated heterocycles. The number of aryl methyl sites for hydroxylation is 1. The molecule has 2 aromatic carbocycles. The van der Waals surface area contributed by atoms with Crippen LogP contribution in [0.2, 0.25) is 0 Å². The van der Waals surface area contributed by atoms with Crippen LogP contribution in [0.1, 0.15) is 44.5 Å². The first-order chi connectivity index (χ1) is 15.6. The summed E-state index contributed by atoms with van der Waals surface area (Å²) in [6.07, 6.45) is 0.633. The van der Waals surface area contributed by atoms with Crippen molar-refractivity contribution < 1.29 is 18.8 Å². The predicted molar refractivity (Wildman–Crippen MR) is 123 cm³/mol. The highest BCUT2D eigenvalue weighted by atomic mass is 32.1. The Bertz CT molecular complexity index is 1340. The molecule has 0 saturated carbocycles. The standard InChI is InChI=1S/C25H20N2O4S/c1-3-30-25(29)20-18-13-16-11-7-8-12-17(16)22(18)32-24(20)26-23(28)19-14(2)31-27-21(19)15-9-5-4-6-10-15/h4-12H,3,13H2,1-2H3,(H,26,28). The van der Waals surface area contributed by atoms with E-state index < -0.39 is 5.97 Å². The molecular weight excluding hydrogens is 424 g/mol. The van der Waals surface area contributed by atoms with Gasteiger partial charge in [-0.05, 0) is 30.5 Å². The van der Waals surface area contributed by atoms with Gasteiger partial charge in [0.2, 0.25) is 0 Å². The third-order valence-corrected chi connectivity index (χ3v) is 6.66. The van der Waals surface area contributed by atoms with E-state index >= 15 is 0 Å². The molecule has 0 unspecified atom stereocenters. The Morgan fingerprint density at radius 2 is 1.84 bits per heavy atom. The number of thiophene rings is 1. The zero-order valence-corrected chi connectivity index (χ0v) is 18.4. The van der Waals surface area contributed by atoms with Gasteiger partial charge in [0, 0.05) is 16.9 Å². The Labute approximate surface area is 188 Å². The second-order valence-electron chi connectivity index (χ2n) is 7.45. The Balaban J connectivity index is 1.56. The lowest BCUT2D eigenvalue weighted by Gasteiger charge is -2.09. The van der Waals surface area contributed by atoms with Gasteiger partial charge in [-0.15, -0.1) is 11.3 Å². The van der Waals surface area contributed by atoms with E-state index in [0.29, 0.717) is 34.0 Å². The molecule has 2 aromatic heterocycles. The number of aromatic nitrogens is 1. The number of nitrogens with one attached hydrogen (secondary N) is 1. The summed E-state index contributed by atoms with van der Waals surface area (Å²) in [6, 6.07) is 17.4. The minimum absolute atomic E-state index is 0.257. The molecule has 1 amide bonds. The van der Waals surface area contributed by atoms with E-state index in [1.165, 1.54) is 16.9 Å². The summed E-state index contributed by atoms with van der Waals surface area (Å²) in [6.45, 7) is 3.72. The van der Waals surface area contributed by atoms with Gasteiger partial charge < -0.3 is 14.6 Å². The molecule has 0 aliphatic heterocycles. The summed E-state index contributed by atoms with van der Waals surface area (Å²) < 4.78 is 10.7. The van der Waals surface area contributed by atoms with Crippen LogP contribution in [0.3, 0.4) is 0 Å². The summed E-state index contributed by atoms with van der Waals surface area (Å²) in [5, 5.41) is 7.51. The molecule has 0 bridgehead atoms. The van der Waals surface area contributed by atoms with Crippen molar-refractivity contribution in [3.05, 3.63) is 82.6 Å². The molecule has 7 heteroatoms. The Kier molecular flexibility index (Phi) is 5.11. The molecule has 0 fully saturated rings. The van der Waals surface area contributed by atoms with Crippen LogP contribution in [0.4, 0.5) is 5.00 Å². The van der Waals surface area contributed by atoms with Crippen molar-refractivity contribution in [1.82, 2.24) is 5.16 Å². The highest BCUT2D eigenvalue weighted by Crippen LogP contribution is 2.48. The first-order valence-electron chi connectivity index (χ1n) is 10.3. The number of nitrogens with zero attached hydrogens (tertiary/aromatic N) is 1. The Hall–Kier alpha value is -3.71. The molecule has 4 aromatic rings. The number of hydrogen-bond acceptors (Lipinski definition) is 6. The summed E-state index contributed by atoms with van der Waals surface area (Å²) in [4.78, 5) is 27.2. The zero-order chi connectivity index (χ0) is 22.2. The fraction of sp³-hybridized carbons (Fsp3) is 0.160. The van der Waals surface area contributed by atoms with Crippen LogP contribution in [-0.2, 0) is 11.2 Å². The normalized spacial score (nSPS) is 11.7. The summed E-state index contributed by atoms with van der Waals surface area (Å²) in [7, 11) is 0. The topological polar surface area (TPSA) is 81.4 Å². The molecular formula is C25H20N2O4S. The monoisotopic (exact) mass is 444 g/mol. The van der Waals surface area contributed by atoms with Gasteiger partial charge in [0.15, 0.2) is 0 Å². The van der Waals surface area contributed by atoms with Crippen LogP contribution in [0.25, 0.3) is 21.7 Å². The second-order valence-corrected chi connectivity index (χ2v) is 8.47. The van der Waals surface area contributed by atoms with Gasteiger partial charge in [-0.3, -0.25) is 4.79 Å². The molecule has 0 spiro atoms. The fourth-order valence-electron chi connectivity index (χ4n) is 4.04. The Morgan fingerprint density at radius 1 is 1.09 bits per heavy atom. The number of ether oxygens (including phenoxy) is 1. The number of benzene rings is 2. The van der Waals surface area contributed by atoms with E-state index in [1.807, 2.05) is 48.5 Å². The van der Waals surface area contributed by atoms with Gasteiger partial charge in [-0.25, -0.2) is 4.79 Å². The molecule has 1 aliphatic rings. The van der Waals surface area contributed by atoms with E-state index in [9.17, 15) is 9.59 Å². The van der Waals surface area contributed by atoms with Crippen LogP contribution < -0.4 is 5.32 Å². The average Bonchev–Trinajstić information content (AvgIpc) is 3.45. The minimum atomic E-state index is -0.432. The van der Waals surface area contributed by atoms with E-state index in [4.69, 9.17) is 9.26 Å². The number of anilines is 1. The maximum atomic E-state index is 13.3. The Morgan fingerprint density at radius 3 is 2.62 bits per heavy atom. The number of hydrogen-bond donors (Lipinski definition) is 1. The molecule has 160 valence electrons. The highest BCUT2D eigenvalue weighted by Gasteiger charge is 2.32. The molecule has 1 N–H and O–H groups in total. The quantitative estimate of drug-likeness (QED) is 0.351. The maximum Gasteiger partial charge on any atom is 0.341 e. The molecule has 32 heavy (non-hydrogen) atoms. The molecule has 6 nitrogen and oxygen atoms in total. The van der Waals surface area contributed by atoms with Gasteiger partial charge in [-0.2, -0.15) is 0 Å². The van der Waals surface area contributed by atoms with Crippen molar-refractivity contribution in [3.8, 4) is 21.7 Å². The molecule has 2 heterocycles. The third-order valence-electron chi connectivity index (χ3n) is 5.48. The fourth-order valence-corrected chi connectivity index (χ4v) is 5.31. The van der Waals surface area contributed by atoms with Gasteiger partial charge in [0.1, 0.15) is 22.0 Å². The van der Waals surface area contributed by atoms with Gasteiger partial charge in [0.05, 0.1) is 12.2 Å². The van der Waals surface area contributed by atoms with E-state index in [2.05, 4.69) is 16.5 Å². The van der Waals surface area contributed by atoms with Crippen LogP contribution in [-0.4, -0.2) is 23.6 Å². The molecule has 5 rings (SSSR count). The number of amides is 1. The van der Waals surface area contributed by atoms with E-state index in [1.54, 1.807) is 13.8 Å². The zero-order valence-electron chi connectivity index (χ0n) is 17.6. The van der Waals surface area contributed by atoms with Crippen molar-refractivity contribution >= 4 is 28.2 Å². The largest absolute Gasteiger partial charge is 0.462 e. The smallest absolute Gasteiger partial charge is 0.341 e. The lowest BCUT2D eigenvalue weighted by Crippen LogP contribution is -2.16. The molecule has 1 aliphatic carbocycles. The summed E-state index contributed by atoms with van der Waals surface area (Å²) in [5.74, 6) is -0.395. The van der Waals surface area contributed by atoms with E-state index in [0.717, 1.165) is 21.6 Å². The minimum Gasteiger partial charge on any atom is -0.462 e. The molecule has 0 radical (unpaired) electrons. The predicted octanol–water partition coefficient (Wildman–Crippen LogP) is 5.71. The van der Waals surface area contributed by atoms with Gasteiger partial charge >= 0.3 is 5.97 Å². The van der Waals surface area contributed by atoms with E-state index in [-0.39, 0.29) is 12.5 Å². The summed E-state index contributed by atoms with van der Waals surface area (Å²) in [5.41, 5.74) is 5.17. The lowest BCUT2D eigenvalue weighted by molar-refractivity contribution is 0.0527. The number of rotatable bonds is 5. The van der Waals surface area contributed by atoms with Crippen molar-refractivity contribution in [3.63, 3.8) is 0 Å². The van der Waals surface area contributed by atoms with Crippen LogP contribution in [0, 0.1) is 6.92 Å². The maximum absolute atomic E-state index is 13.3. The van der Waals surface area contributed by atoms with Gasteiger partial charge in [-0.1, -0.05) is 59.8 Å². The first kappa shape index (κ1) is 20.2. The summed E-state index contributed by atoms with van der Waals surface area (Å²) >= 11 is 1.39. The lowest BCUT2D eigenvalue weighted by atomic mass is 10.1. The van der Waals surface area contributed by atoms with Crippen molar-refractivity contribution in [2.24, 2.45) is 0 Å². The van der Waals surface area contributed by atoms with Crippen molar-refractivity contribution in [2.45, 2.75) is 20.3 Å². The molecule has 0 atom stereocenters. The average molecular weight is 445 g/mol. The van der Waals surface area contributed by atoms with Crippen molar-refractivity contribution in [2.75, 3.05) is 11.9 Å². The first-order valence-corrected chi connectivity index (χ1v) is 11.1. The van der Waals surface area contributed by atoms with Crippen LogP contribution in [0.15, 0.2) is 59.1 Å².